The molecule has 0 aromatic heterocycles. The van der Waals surface area contributed by atoms with E-state index in [2.05, 4.69) is 0 Å². The highest BCUT2D eigenvalue weighted by Crippen LogP contribution is 2.21. The number of hydrogen-bond acceptors (Lipinski definition) is 6. The van der Waals surface area contributed by atoms with Crippen molar-refractivity contribution in [2.24, 2.45) is 11.8 Å². The minimum absolute atomic E-state index is 0.0381. The van der Waals surface area contributed by atoms with Crippen LogP contribution in [0.1, 0.15) is 40.5 Å². The third-order valence-corrected chi connectivity index (χ3v) is 2.81. The summed E-state index contributed by atoms with van der Waals surface area (Å²) in [5.41, 5.74) is 0. The van der Waals surface area contributed by atoms with E-state index in [4.69, 9.17) is 9.47 Å². The number of Topliss-reactive ketones (excluding diaryl/α,β-unsaturated/α-hetero) is 2. The summed E-state index contributed by atoms with van der Waals surface area (Å²) in [6.45, 7) is 6.45. The molecule has 114 valence electrons. The number of hydrogen-bond donors (Lipinski definition) is 0. The molecule has 2 atom stereocenters. The summed E-state index contributed by atoms with van der Waals surface area (Å²) >= 11 is 0. The van der Waals surface area contributed by atoms with Gasteiger partial charge in [0.2, 0.25) is 0 Å². The first-order valence-electron chi connectivity index (χ1n) is 6.83. The van der Waals surface area contributed by atoms with E-state index >= 15 is 0 Å². The van der Waals surface area contributed by atoms with Gasteiger partial charge in [-0.2, -0.15) is 0 Å². The van der Waals surface area contributed by atoms with Crippen LogP contribution in [0.25, 0.3) is 0 Å². The summed E-state index contributed by atoms with van der Waals surface area (Å²) in [6, 6.07) is 0. The molecule has 0 amide bonds. The van der Waals surface area contributed by atoms with Crippen LogP contribution in [-0.4, -0.2) is 36.7 Å². The molecule has 0 spiro atoms. The maximum Gasteiger partial charge on any atom is 0.317 e. The Hall–Kier alpha value is -1.72. The van der Waals surface area contributed by atoms with Crippen molar-refractivity contribution in [3.8, 4) is 0 Å². The van der Waals surface area contributed by atoms with Crippen molar-refractivity contribution < 1.29 is 28.7 Å². The van der Waals surface area contributed by atoms with Gasteiger partial charge >= 0.3 is 11.9 Å². The molecule has 0 bridgehead atoms. The molecule has 6 nitrogen and oxygen atoms in total. The molecule has 2 unspecified atom stereocenters. The number of esters is 2. The molecule has 0 N–H and O–H groups in total. The summed E-state index contributed by atoms with van der Waals surface area (Å²) in [5, 5.41) is 0. The lowest BCUT2D eigenvalue weighted by Crippen LogP contribution is -2.42. The number of ether oxygens (including phenoxy) is 2. The monoisotopic (exact) mass is 286 g/mol. The van der Waals surface area contributed by atoms with E-state index in [1.165, 1.54) is 0 Å². The summed E-state index contributed by atoms with van der Waals surface area (Å²) in [4.78, 5) is 47.7. The van der Waals surface area contributed by atoms with E-state index in [9.17, 15) is 19.2 Å². The van der Waals surface area contributed by atoms with Crippen molar-refractivity contribution >= 4 is 23.5 Å². The van der Waals surface area contributed by atoms with Crippen molar-refractivity contribution in [1.29, 1.82) is 0 Å². The zero-order chi connectivity index (χ0) is 15.7. The summed E-state index contributed by atoms with van der Waals surface area (Å²) in [7, 11) is 0. The predicted octanol–water partition coefficient (Wildman–Crippen LogP) is 1.30. The zero-order valence-electron chi connectivity index (χ0n) is 12.4. The Kier molecular flexibility index (Phi) is 8.43. The van der Waals surface area contributed by atoms with Crippen LogP contribution in [0.4, 0.5) is 0 Å². The lowest BCUT2D eigenvalue weighted by molar-refractivity contribution is -0.166. The van der Waals surface area contributed by atoms with Gasteiger partial charge in [0.1, 0.15) is 23.4 Å². The number of carbonyl (C=O) groups excluding carboxylic acids is 4. The van der Waals surface area contributed by atoms with Crippen LogP contribution in [0.3, 0.4) is 0 Å². The molecule has 0 aromatic carbocycles. The van der Waals surface area contributed by atoms with Crippen LogP contribution in [-0.2, 0) is 28.7 Å². The van der Waals surface area contributed by atoms with Crippen LogP contribution in [0, 0.1) is 11.8 Å². The van der Waals surface area contributed by atoms with Gasteiger partial charge in [-0.25, -0.2) is 0 Å². The second-order valence-electron chi connectivity index (χ2n) is 4.10. The van der Waals surface area contributed by atoms with Crippen molar-refractivity contribution in [3.05, 3.63) is 0 Å². The Morgan fingerprint density at radius 3 is 1.20 bits per heavy atom. The molecule has 0 radical (unpaired) electrons. The van der Waals surface area contributed by atoms with E-state index in [-0.39, 0.29) is 26.1 Å². The Labute approximate surface area is 118 Å². The number of rotatable bonds is 9. The van der Waals surface area contributed by atoms with E-state index in [1.807, 2.05) is 0 Å². The smallest absolute Gasteiger partial charge is 0.317 e. The lowest BCUT2D eigenvalue weighted by Gasteiger charge is -2.21. The third kappa shape index (κ3) is 4.75. The molecule has 20 heavy (non-hydrogen) atoms. The third-order valence-electron chi connectivity index (χ3n) is 2.81. The SMILES string of the molecule is CCOC(=O)C(C(=O)CC)C(C(=O)CC)C(=O)OCC. The molecular formula is C14H22O6. The molecule has 0 rings (SSSR count). The average molecular weight is 286 g/mol. The first-order valence-corrected chi connectivity index (χ1v) is 6.83. The second kappa shape index (κ2) is 9.23. The minimum atomic E-state index is -1.41. The Morgan fingerprint density at radius 2 is 1.00 bits per heavy atom. The molecule has 0 aliphatic rings. The minimum Gasteiger partial charge on any atom is -0.465 e. The normalized spacial score (nSPS) is 13.2. The van der Waals surface area contributed by atoms with Gasteiger partial charge in [0.15, 0.2) is 0 Å². The highest BCUT2D eigenvalue weighted by atomic mass is 16.5. The highest BCUT2D eigenvalue weighted by Gasteiger charge is 2.44. The van der Waals surface area contributed by atoms with Crippen LogP contribution in [0.2, 0.25) is 0 Å². The summed E-state index contributed by atoms with van der Waals surface area (Å²) in [5.74, 6) is -5.51. The first-order chi connectivity index (χ1) is 9.44. The number of carbonyl (C=O) groups is 4. The molecule has 0 saturated heterocycles. The van der Waals surface area contributed by atoms with Crippen molar-refractivity contribution in [1.82, 2.24) is 0 Å². The van der Waals surface area contributed by atoms with Gasteiger partial charge in [-0.05, 0) is 13.8 Å². The van der Waals surface area contributed by atoms with Crippen LogP contribution < -0.4 is 0 Å². The molecule has 0 fully saturated rings. The largest absolute Gasteiger partial charge is 0.465 e. The average Bonchev–Trinajstić information content (AvgIpc) is 2.43. The first kappa shape index (κ1) is 18.3. The van der Waals surface area contributed by atoms with Gasteiger partial charge < -0.3 is 9.47 Å². The van der Waals surface area contributed by atoms with Gasteiger partial charge in [0.25, 0.3) is 0 Å². The van der Waals surface area contributed by atoms with Gasteiger partial charge in [-0.15, -0.1) is 0 Å². The van der Waals surface area contributed by atoms with Crippen molar-refractivity contribution in [2.75, 3.05) is 13.2 Å². The molecule has 0 aliphatic carbocycles. The van der Waals surface area contributed by atoms with Gasteiger partial charge in [-0.3, -0.25) is 19.2 Å². The highest BCUT2D eigenvalue weighted by molar-refractivity contribution is 6.11. The van der Waals surface area contributed by atoms with Crippen LogP contribution in [0.15, 0.2) is 0 Å². The standard InChI is InChI=1S/C14H22O6/c1-5-9(15)11(13(17)19-7-3)12(10(16)6-2)14(18)20-8-4/h11-12H,5-8H2,1-4H3. The maximum absolute atomic E-state index is 11.9. The maximum atomic E-state index is 11.9. The Bertz CT molecular complexity index is 338. The molecule has 0 saturated carbocycles. The van der Waals surface area contributed by atoms with E-state index in [1.54, 1.807) is 27.7 Å². The molecular weight excluding hydrogens is 264 g/mol. The van der Waals surface area contributed by atoms with Gasteiger partial charge in [-0.1, -0.05) is 13.8 Å². The van der Waals surface area contributed by atoms with Crippen LogP contribution in [0.5, 0.6) is 0 Å². The Balaban J connectivity index is 5.50. The lowest BCUT2D eigenvalue weighted by atomic mass is 9.83. The fraction of sp³-hybridized carbons (Fsp3) is 0.714. The molecule has 0 heterocycles. The zero-order valence-corrected chi connectivity index (χ0v) is 12.4. The fourth-order valence-electron chi connectivity index (χ4n) is 1.81. The molecule has 0 aromatic rings. The van der Waals surface area contributed by atoms with Crippen molar-refractivity contribution in [2.45, 2.75) is 40.5 Å². The van der Waals surface area contributed by atoms with E-state index in [0.29, 0.717) is 0 Å². The van der Waals surface area contributed by atoms with E-state index < -0.39 is 35.3 Å². The second-order valence-corrected chi connectivity index (χ2v) is 4.10. The van der Waals surface area contributed by atoms with Gasteiger partial charge in [0.05, 0.1) is 13.2 Å². The van der Waals surface area contributed by atoms with Gasteiger partial charge in [0, 0.05) is 12.8 Å². The summed E-state index contributed by atoms with van der Waals surface area (Å²) in [6.07, 6.45) is 0.0762. The van der Waals surface area contributed by atoms with Crippen LogP contribution >= 0.6 is 0 Å². The number of ketones is 2. The topological polar surface area (TPSA) is 86.7 Å². The summed E-state index contributed by atoms with van der Waals surface area (Å²) < 4.78 is 9.62. The fourth-order valence-corrected chi connectivity index (χ4v) is 1.81. The van der Waals surface area contributed by atoms with E-state index in [0.717, 1.165) is 0 Å². The van der Waals surface area contributed by atoms with Crippen molar-refractivity contribution in [3.63, 3.8) is 0 Å². The quantitative estimate of drug-likeness (QED) is 0.469. The molecule has 6 heteroatoms. The molecule has 0 aliphatic heterocycles. The Morgan fingerprint density at radius 1 is 0.700 bits per heavy atom. The predicted molar refractivity (Wildman–Crippen MR) is 70.8 cm³/mol.